The van der Waals surface area contributed by atoms with Crippen LogP contribution in [0.4, 0.5) is 0 Å². The first kappa shape index (κ1) is 15.3. The Morgan fingerprint density at radius 2 is 1.52 bits per heavy atom. The summed E-state index contributed by atoms with van der Waals surface area (Å²) >= 11 is 0. The molecular formula is C21H20O2. The highest BCUT2D eigenvalue weighted by molar-refractivity contribution is 5.96. The zero-order chi connectivity index (χ0) is 16.1. The molecule has 3 rings (SSSR count). The second-order valence-corrected chi connectivity index (χ2v) is 5.61. The molecule has 0 radical (unpaired) electrons. The fourth-order valence-corrected chi connectivity index (χ4v) is 2.63. The molecule has 2 heteroatoms. The number of benzene rings is 2. The van der Waals surface area contributed by atoms with Gasteiger partial charge in [0, 0.05) is 17.5 Å². The summed E-state index contributed by atoms with van der Waals surface area (Å²) in [7, 11) is 0. The molecule has 116 valence electrons. The predicted octanol–water partition coefficient (Wildman–Crippen LogP) is 5.99. The van der Waals surface area contributed by atoms with E-state index in [2.05, 4.69) is 6.92 Å². The number of Topliss-reactive ketones (excluding diaryl/α,β-unsaturated/α-hetero) is 1. The third-order valence-corrected chi connectivity index (χ3v) is 3.89. The molecule has 0 amide bonds. The van der Waals surface area contributed by atoms with Gasteiger partial charge in [0.05, 0.1) is 0 Å². The first-order chi connectivity index (χ1) is 11.3. The van der Waals surface area contributed by atoms with Crippen LogP contribution in [0.15, 0.2) is 71.1 Å². The van der Waals surface area contributed by atoms with Crippen molar-refractivity contribution in [3.8, 4) is 22.5 Å². The minimum absolute atomic E-state index is 0.0752. The minimum atomic E-state index is 0.0752. The van der Waals surface area contributed by atoms with Gasteiger partial charge in [-0.25, -0.2) is 0 Å². The number of rotatable bonds is 6. The van der Waals surface area contributed by atoms with Crippen molar-refractivity contribution in [1.82, 2.24) is 0 Å². The number of furan rings is 1. The van der Waals surface area contributed by atoms with Gasteiger partial charge in [-0.1, -0.05) is 74.0 Å². The second-order valence-electron chi connectivity index (χ2n) is 5.61. The average Bonchev–Trinajstić information content (AvgIpc) is 3.06. The molecule has 23 heavy (non-hydrogen) atoms. The standard InChI is InChI=1S/C21H20O2/c1-2-3-14-19(22)20-15-18(16-10-6-4-7-11-16)21(23-20)17-12-8-5-9-13-17/h4-13,15H,2-3,14H2,1H3. The Morgan fingerprint density at radius 3 is 2.13 bits per heavy atom. The molecule has 0 N–H and O–H groups in total. The Balaban J connectivity index is 2.06. The summed E-state index contributed by atoms with van der Waals surface area (Å²) in [5.74, 6) is 1.29. The number of ketones is 1. The molecule has 1 heterocycles. The lowest BCUT2D eigenvalue weighted by molar-refractivity contribution is 0.0953. The first-order valence-corrected chi connectivity index (χ1v) is 8.07. The van der Waals surface area contributed by atoms with Crippen LogP contribution in [-0.4, -0.2) is 5.78 Å². The van der Waals surface area contributed by atoms with Crippen LogP contribution in [0.3, 0.4) is 0 Å². The third kappa shape index (κ3) is 3.42. The Morgan fingerprint density at radius 1 is 0.913 bits per heavy atom. The van der Waals surface area contributed by atoms with Crippen molar-refractivity contribution in [3.05, 3.63) is 72.5 Å². The molecule has 0 unspecified atom stereocenters. The van der Waals surface area contributed by atoms with E-state index in [1.54, 1.807) is 0 Å². The van der Waals surface area contributed by atoms with Crippen LogP contribution < -0.4 is 0 Å². The maximum atomic E-state index is 12.3. The van der Waals surface area contributed by atoms with E-state index in [1.807, 2.05) is 66.7 Å². The molecule has 0 fully saturated rings. The van der Waals surface area contributed by atoms with Crippen molar-refractivity contribution < 1.29 is 9.21 Å². The average molecular weight is 304 g/mol. The van der Waals surface area contributed by atoms with Crippen molar-refractivity contribution in [2.24, 2.45) is 0 Å². The van der Waals surface area contributed by atoms with E-state index in [1.165, 1.54) is 0 Å². The van der Waals surface area contributed by atoms with Crippen LogP contribution in [0.5, 0.6) is 0 Å². The molecule has 0 bridgehead atoms. The summed E-state index contributed by atoms with van der Waals surface area (Å²) in [6.45, 7) is 2.08. The summed E-state index contributed by atoms with van der Waals surface area (Å²) in [4.78, 5) is 12.3. The van der Waals surface area contributed by atoms with Crippen LogP contribution in [-0.2, 0) is 0 Å². The molecule has 2 nitrogen and oxygen atoms in total. The van der Waals surface area contributed by atoms with Gasteiger partial charge in [-0.2, -0.15) is 0 Å². The number of carbonyl (C=O) groups excluding carboxylic acids is 1. The largest absolute Gasteiger partial charge is 0.452 e. The van der Waals surface area contributed by atoms with E-state index in [9.17, 15) is 4.79 Å². The monoisotopic (exact) mass is 304 g/mol. The van der Waals surface area contributed by atoms with Gasteiger partial charge < -0.3 is 4.42 Å². The zero-order valence-electron chi connectivity index (χ0n) is 13.3. The van der Waals surface area contributed by atoms with Crippen molar-refractivity contribution in [2.45, 2.75) is 26.2 Å². The maximum absolute atomic E-state index is 12.3. The van der Waals surface area contributed by atoms with Crippen molar-refractivity contribution in [3.63, 3.8) is 0 Å². The van der Waals surface area contributed by atoms with Crippen LogP contribution >= 0.6 is 0 Å². The predicted molar refractivity (Wildman–Crippen MR) is 93.4 cm³/mol. The van der Waals surface area contributed by atoms with Crippen molar-refractivity contribution >= 4 is 5.78 Å². The van der Waals surface area contributed by atoms with Crippen LogP contribution in [0, 0.1) is 0 Å². The Labute approximate surface area is 136 Å². The molecule has 0 saturated heterocycles. The van der Waals surface area contributed by atoms with Gasteiger partial charge in [0.1, 0.15) is 5.76 Å². The zero-order valence-corrected chi connectivity index (χ0v) is 13.3. The number of unbranched alkanes of at least 4 members (excludes halogenated alkanes) is 1. The Bertz CT molecular complexity index is 713. The van der Waals surface area contributed by atoms with Gasteiger partial charge in [0.15, 0.2) is 11.5 Å². The molecule has 3 aromatic rings. The summed E-state index contributed by atoms with van der Waals surface area (Å²) in [6, 6.07) is 21.9. The quantitative estimate of drug-likeness (QED) is 0.524. The topological polar surface area (TPSA) is 30.2 Å². The van der Waals surface area contributed by atoms with Crippen molar-refractivity contribution in [1.29, 1.82) is 0 Å². The molecular weight excluding hydrogens is 284 g/mol. The lowest BCUT2D eigenvalue weighted by atomic mass is 10.0. The minimum Gasteiger partial charge on any atom is -0.452 e. The molecule has 0 aliphatic heterocycles. The fraction of sp³-hybridized carbons (Fsp3) is 0.190. The van der Waals surface area contributed by atoms with Gasteiger partial charge in [-0.05, 0) is 18.1 Å². The van der Waals surface area contributed by atoms with E-state index in [0.717, 1.165) is 35.3 Å². The Kier molecular flexibility index (Phi) is 4.72. The summed E-state index contributed by atoms with van der Waals surface area (Å²) in [5, 5.41) is 0. The van der Waals surface area contributed by atoms with E-state index >= 15 is 0 Å². The van der Waals surface area contributed by atoms with E-state index in [4.69, 9.17) is 4.42 Å². The number of hydrogen-bond acceptors (Lipinski definition) is 2. The van der Waals surface area contributed by atoms with Crippen LogP contribution in [0.1, 0.15) is 36.7 Å². The normalized spacial score (nSPS) is 10.7. The molecule has 0 aliphatic carbocycles. The number of carbonyl (C=O) groups is 1. The number of hydrogen-bond donors (Lipinski definition) is 0. The summed E-state index contributed by atoms with van der Waals surface area (Å²) in [5.41, 5.74) is 3.02. The maximum Gasteiger partial charge on any atom is 0.198 e. The molecule has 0 spiro atoms. The molecule has 1 aromatic heterocycles. The molecule has 0 saturated carbocycles. The van der Waals surface area contributed by atoms with Crippen LogP contribution in [0.2, 0.25) is 0 Å². The van der Waals surface area contributed by atoms with Gasteiger partial charge in [-0.3, -0.25) is 4.79 Å². The van der Waals surface area contributed by atoms with Gasteiger partial charge in [0.2, 0.25) is 0 Å². The lowest BCUT2D eigenvalue weighted by Crippen LogP contribution is -1.95. The summed E-state index contributed by atoms with van der Waals surface area (Å²) in [6.07, 6.45) is 2.43. The molecule has 0 atom stereocenters. The SMILES string of the molecule is CCCCC(=O)c1cc(-c2ccccc2)c(-c2ccccc2)o1. The second kappa shape index (κ2) is 7.10. The third-order valence-electron chi connectivity index (χ3n) is 3.89. The summed E-state index contributed by atoms with van der Waals surface area (Å²) < 4.78 is 5.96. The van der Waals surface area contributed by atoms with E-state index in [-0.39, 0.29) is 5.78 Å². The highest BCUT2D eigenvalue weighted by Gasteiger charge is 2.18. The highest BCUT2D eigenvalue weighted by atomic mass is 16.3. The van der Waals surface area contributed by atoms with E-state index in [0.29, 0.717) is 12.2 Å². The van der Waals surface area contributed by atoms with E-state index < -0.39 is 0 Å². The van der Waals surface area contributed by atoms with Crippen molar-refractivity contribution in [2.75, 3.05) is 0 Å². The van der Waals surface area contributed by atoms with Gasteiger partial charge in [-0.15, -0.1) is 0 Å². The van der Waals surface area contributed by atoms with Gasteiger partial charge in [0.25, 0.3) is 0 Å². The van der Waals surface area contributed by atoms with Gasteiger partial charge >= 0.3 is 0 Å². The first-order valence-electron chi connectivity index (χ1n) is 8.07. The Hall–Kier alpha value is -2.61. The van der Waals surface area contributed by atoms with Crippen LogP contribution in [0.25, 0.3) is 22.5 Å². The fourth-order valence-electron chi connectivity index (χ4n) is 2.63. The molecule has 2 aromatic carbocycles. The molecule has 0 aliphatic rings. The smallest absolute Gasteiger partial charge is 0.198 e. The highest BCUT2D eigenvalue weighted by Crippen LogP contribution is 2.35. The lowest BCUT2D eigenvalue weighted by Gasteiger charge is -2.02.